The Hall–Kier alpha value is -1.10. The summed E-state index contributed by atoms with van der Waals surface area (Å²) in [5.41, 5.74) is 0. The molecule has 0 aliphatic heterocycles. The molecule has 1 unspecified atom stereocenters. The molecule has 0 aromatic rings. The van der Waals surface area contributed by atoms with Gasteiger partial charge in [-0.15, -0.1) is 0 Å². The highest BCUT2D eigenvalue weighted by atomic mass is 16.5. The van der Waals surface area contributed by atoms with Crippen molar-refractivity contribution in [3.8, 4) is 0 Å². The van der Waals surface area contributed by atoms with Gasteiger partial charge in [0.1, 0.15) is 6.61 Å². The highest BCUT2D eigenvalue weighted by Gasteiger charge is 2.23. The maximum Gasteiger partial charge on any atom is 0.329 e. The molecule has 21 heavy (non-hydrogen) atoms. The van der Waals surface area contributed by atoms with Gasteiger partial charge in [-0.2, -0.15) is 0 Å². The first kappa shape index (κ1) is 18.0. The fraction of sp³-hybridized carbons (Fsp3) is 0.875. The van der Waals surface area contributed by atoms with Crippen LogP contribution in [0.1, 0.15) is 58.3 Å². The van der Waals surface area contributed by atoms with Gasteiger partial charge >= 0.3 is 5.97 Å². The quantitative estimate of drug-likeness (QED) is 0.608. The minimum Gasteiger partial charge on any atom is -0.480 e. The normalized spacial score (nSPS) is 17.4. The fourth-order valence-electron chi connectivity index (χ4n) is 3.08. The van der Waals surface area contributed by atoms with Crippen LogP contribution in [-0.2, 0) is 14.3 Å². The lowest BCUT2D eigenvalue weighted by atomic mass is 9.81. The largest absolute Gasteiger partial charge is 0.480 e. The summed E-state index contributed by atoms with van der Waals surface area (Å²) < 4.78 is 4.92. The SMILES string of the molecule is CCCC(CC1CCCCC1)C(=O)NCCOCC(=O)O. The predicted octanol–water partition coefficient (Wildman–Crippen LogP) is 2.59. The Morgan fingerprint density at radius 2 is 2.00 bits per heavy atom. The topological polar surface area (TPSA) is 75.6 Å². The van der Waals surface area contributed by atoms with Crippen molar-refractivity contribution in [2.75, 3.05) is 19.8 Å². The van der Waals surface area contributed by atoms with Gasteiger partial charge in [-0.25, -0.2) is 4.79 Å². The number of hydrogen-bond donors (Lipinski definition) is 2. The van der Waals surface area contributed by atoms with Gasteiger partial charge in [-0.1, -0.05) is 45.4 Å². The van der Waals surface area contributed by atoms with Crippen molar-refractivity contribution in [2.24, 2.45) is 11.8 Å². The number of carboxylic acids is 1. The van der Waals surface area contributed by atoms with E-state index in [1.165, 1.54) is 32.1 Å². The minimum absolute atomic E-state index is 0.0950. The van der Waals surface area contributed by atoms with Crippen LogP contribution in [0, 0.1) is 11.8 Å². The first-order valence-corrected chi connectivity index (χ1v) is 8.20. The van der Waals surface area contributed by atoms with Crippen LogP contribution in [0.25, 0.3) is 0 Å². The molecule has 2 N–H and O–H groups in total. The molecule has 1 atom stereocenters. The molecule has 0 saturated heterocycles. The number of carbonyl (C=O) groups is 2. The molecule has 0 aromatic carbocycles. The first-order valence-electron chi connectivity index (χ1n) is 8.20. The third-order valence-electron chi connectivity index (χ3n) is 4.12. The number of carboxylic acid groups (broad SMARTS) is 1. The molecule has 0 heterocycles. The zero-order valence-corrected chi connectivity index (χ0v) is 13.1. The smallest absolute Gasteiger partial charge is 0.329 e. The van der Waals surface area contributed by atoms with Gasteiger partial charge in [0.05, 0.1) is 6.61 Å². The Morgan fingerprint density at radius 1 is 1.29 bits per heavy atom. The van der Waals surface area contributed by atoms with Crippen molar-refractivity contribution >= 4 is 11.9 Å². The Kier molecular flexibility index (Phi) is 9.06. The average molecular weight is 299 g/mol. The molecule has 1 saturated carbocycles. The molecule has 1 rings (SSSR count). The van der Waals surface area contributed by atoms with E-state index in [2.05, 4.69) is 12.2 Å². The van der Waals surface area contributed by atoms with Gasteiger partial charge in [0.2, 0.25) is 5.91 Å². The predicted molar refractivity (Wildman–Crippen MR) is 81.1 cm³/mol. The zero-order valence-electron chi connectivity index (χ0n) is 13.1. The molecule has 1 fully saturated rings. The second-order valence-corrected chi connectivity index (χ2v) is 5.96. The summed E-state index contributed by atoms with van der Waals surface area (Å²) in [6.45, 7) is 2.44. The van der Waals surface area contributed by atoms with E-state index in [1.54, 1.807) is 0 Å². The monoisotopic (exact) mass is 299 g/mol. The standard InChI is InChI=1S/C16H29NO4/c1-2-6-14(11-13-7-4-3-5-8-13)16(20)17-9-10-21-12-15(18)19/h13-14H,2-12H2,1H3,(H,17,20)(H,18,19). The van der Waals surface area contributed by atoms with Crippen molar-refractivity contribution < 1.29 is 19.4 Å². The number of hydrogen-bond acceptors (Lipinski definition) is 3. The highest BCUT2D eigenvalue weighted by Crippen LogP contribution is 2.30. The number of carbonyl (C=O) groups excluding carboxylic acids is 1. The van der Waals surface area contributed by atoms with E-state index >= 15 is 0 Å². The van der Waals surface area contributed by atoms with Crippen molar-refractivity contribution in [3.05, 3.63) is 0 Å². The molecular weight excluding hydrogens is 270 g/mol. The molecule has 5 nitrogen and oxygen atoms in total. The van der Waals surface area contributed by atoms with Gasteiger partial charge in [0.15, 0.2) is 0 Å². The molecule has 1 amide bonds. The van der Waals surface area contributed by atoms with E-state index in [1.807, 2.05) is 0 Å². The molecule has 5 heteroatoms. The molecule has 0 aromatic heterocycles. The summed E-state index contributed by atoms with van der Waals surface area (Å²) in [6, 6.07) is 0. The van der Waals surface area contributed by atoms with Crippen molar-refractivity contribution in [1.29, 1.82) is 0 Å². The summed E-state index contributed by atoms with van der Waals surface area (Å²) in [4.78, 5) is 22.5. The van der Waals surface area contributed by atoms with Crippen molar-refractivity contribution in [1.82, 2.24) is 5.32 Å². The van der Waals surface area contributed by atoms with E-state index in [9.17, 15) is 9.59 Å². The summed E-state index contributed by atoms with van der Waals surface area (Å²) in [6.07, 6.45) is 9.39. The average Bonchev–Trinajstić information content (AvgIpc) is 2.47. The van der Waals surface area contributed by atoms with E-state index in [4.69, 9.17) is 9.84 Å². The van der Waals surface area contributed by atoms with E-state index in [-0.39, 0.29) is 25.0 Å². The van der Waals surface area contributed by atoms with Crippen LogP contribution in [0.15, 0.2) is 0 Å². The van der Waals surface area contributed by atoms with Crippen molar-refractivity contribution in [3.63, 3.8) is 0 Å². The van der Waals surface area contributed by atoms with Crippen LogP contribution in [0.3, 0.4) is 0 Å². The van der Waals surface area contributed by atoms with Crippen molar-refractivity contribution in [2.45, 2.75) is 58.3 Å². The van der Waals surface area contributed by atoms with E-state index in [0.717, 1.165) is 19.3 Å². The van der Waals surface area contributed by atoms with Crippen LogP contribution in [0.4, 0.5) is 0 Å². The highest BCUT2D eigenvalue weighted by molar-refractivity contribution is 5.78. The number of aliphatic carboxylic acids is 1. The number of amides is 1. The Morgan fingerprint density at radius 3 is 2.62 bits per heavy atom. The van der Waals surface area contributed by atoms with Crippen LogP contribution < -0.4 is 5.32 Å². The number of rotatable bonds is 10. The minimum atomic E-state index is -0.984. The molecule has 0 bridgehead atoms. The summed E-state index contributed by atoms with van der Waals surface area (Å²) in [5.74, 6) is -0.0919. The van der Waals surface area contributed by atoms with Crippen LogP contribution in [0.2, 0.25) is 0 Å². The molecule has 122 valence electrons. The van der Waals surface area contributed by atoms with Gasteiger partial charge in [-0.05, 0) is 18.8 Å². The van der Waals surface area contributed by atoms with E-state index in [0.29, 0.717) is 12.5 Å². The van der Waals surface area contributed by atoms with Crippen LogP contribution >= 0.6 is 0 Å². The third kappa shape index (κ3) is 8.05. The third-order valence-corrected chi connectivity index (χ3v) is 4.12. The second kappa shape index (κ2) is 10.6. The number of nitrogens with one attached hydrogen (secondary N) is 1. The van der Waals surface area contributed by atoms with Gasteiger partial charge in [0, 0.05) is 12.5 Å². The van der Waals surface area contributed by atoms with Crippen LogP contribution in [-0.4, -0.2) is 36.7 Å². The first-order chi connectivity index (χ1) is 10.1. The lowest BCUT2D eigenvalue weighted by Gasteiger charge is -2.26. The lowest BCUT2D eigenvalue weighted by molar-refractivity contribution is -0.142. The maximum absolute atomic E-state index is 12.2. The van der Waals surface area contributed by atoms with Crippen LogP contribution in [0.5, 0.6) is 0 Å². The summed E-state index contributed by atoms with van der Waals surface area (Å²) >= 11 is 0. The molecular formula is C16H29NO4. The van der Waals surface area contributed by atoms with Gasteiger partial charge in [0.25, 0.3) is 0 Å². The molecule has 0 spiro atoms. The Bertz CT molecular complexity index is 313. The Balaban J connectivity index is 2.26. The molecule has 1 aliphatic rings. The zero-order chi connectivity index (χ0) is 15.5. The Labute approximate surface area is 127 Å². The fourth-order valence-corrected chi connectivity index (χ4v) is 3.08. The molecule has 0 radical (unpaired) electrons. The second-order valence-electron chi connectivity index (χ2n) is 5.96. The lowest BCUT2D eigenvalue weighted by Crippen LogP contribution is -2.34. The van der Waals surface area contributed by atoms with Gasteiger partial charge in [-0.3, -0.25) is 4.79 Å². The van der Waals surface area contributed by atoms with Gasteiger partial charge < -0.3 is 15.2 Å². The number of ether oxygens (including phenoxy) is 1. The van der Waals surface area contributed by atoms with E-state index < -0.39 is 5.97 Å². The molecule has 1 aliphatic carbocycles. The summed E-state index contributed by atoms with van der Waals surface area (Å²) in [7, 11) is 0. The summed E-state index contributed by atoms with van der Waals surface area (Å²) in [5, 5.41) is 11.3. The maximum atomic E-state index is 12.2.